The number of anilines is 1. The molecular formula is C13H20N2O2. The highest BCUT2D eigenvalue weighted by Crippen LogP contribution is 2.14. The van der Waals surface area contributed by atoms with Gasteiger partial charge in [0.15, 0.2) is 0 Å². The summed E-state index contributed by atoms with van der Waals surface area (Å²) in [4.78, 5) is 17.1. The van der Waals surface area contributed by atoms with Gasteiger partial charge in [-0.25, -0.2) is 9.78 Å². The van der Waals surface area contributed by atoms with Gasteiger partial charge < -0.3 is 10.0 Å². The summed E-state index contributed by atoms with van der Waals surface area (Å²) in [7, 11) is 0. The molecule has 0 bridgehead atoms. The van der Waals surface area contributed by atoms with Gasteiger partial charge >= 0.3 is 5.97 Å². The molecule has 0 spiro atoms. The van der Waals surface area contributed by atoms with Crippen molar-refractivity contribution in [2.24, 2.45) is 5.92 Å². The first-order valence-corrected chi connectivity index (χ1v) is 6.02. The molecule has 0 radical (unpaired) electrons. The van der Waals surface area contributed by atoms with E-state index in [1.165, 1.54) is 6.20 Å². The van der Waals surface area contributed by atoms with Crippen LogP contribution in [-0.4, -0.2) is 29.1 Å². The van der Waals surface area contributed by atoms with Gasteiger partial charge in [0.05, 0.1) is 5.56 Å². The molecule has 0 fully saturated rings. The Morgan fingerprint density at radius 3 is 2.59 bits per heavy atom. The minimum Gasteiger partial charge on any atom is -0.478 e. The first-order valence-electron chi connectivity index (χ1n) is 6.02. The fraction of sp³-hybridized carbons (Fsp3) is 0.538. The third kappa shape index (κ3) is 3.73. The molecule has 0 saturated heterocycles. The topological polar surface area (TPSA) is 53.4 Å². The summed E-state index contributed by atoms with van der Waals surface area (Å²) >= 11 is 0. The zero-order chi connectivity index (χ0) is 12.8. The van der Waals surface area contributed by atoms with Crippen LogP contribution in [0.2, 0.25) is 0 Å². The number of carboxylic acid groups (broad SMARTS) is 1. The highest BCUT2D eigenvalue weighted by molar-refractivity contribution is 5.87. The lowest BCUT2D eigenvalue weighted by molar-refractivity contribution is 0.0696. The molecule has 0 aromatic carbocycles. The largest absolute Gasteiger partial charge is 0.478 e. The van der Waals surface area contributed by atoms with Crippen molar-refractivity contribution in [2.75, 3.05) is 18.0 Å². The lowest BCUT2D eigenvalue weighted by Gasteiger charge is -2.25. The Labute approximate surface area is 102 Å². The number of carbonyl (C=O) groups is 1. The predicted octanol–water partition coefficient (Wildman–Crippen LogP) is 2.65. The summed E-state index contributed by atoms with van der Waals surface area (Å²) in [5.41, 5.74) is 0.230. The van der Waals surface area contributed by atoms with Crippen molar-refractivity contribution in [3.05, 3.63) is 23.9 Å². The first-order chi connectivity index (χ1) is 8.08. The number of aromatic nitrogens is 1. The van der Waals surface area contributed by atoms with Gasteiger partial charge in [-0.3, -0.25) is 0 Å². The van der Waals surface area contributed by atoms with Crippen molar-refractivity contribution in [1.82, 2.24) is 4.98 Å². The molecule has 1 aromatic rings. The summed E-state index contributed by atoms with van der Waals surface area (Å²) in [5, 5.41) is 8.80. The Kier molecular flexibility index (Phi) is 4.94. The van der Waals surface area contributed by atoms with Crippen molar-refractivity contribution in [3.63, 3.8) is 0 Å². The molecule has 0 aliphatic heterocycles. The Bertz CT molecular complexity index is 362. The molecule has 4 heteroatoms. The van der Waals surface area contributed by atoms with E-state index in [9.17, 15) is 4.79 Å². The van der Waals surface area contributed by atoms with E-state index in [-0.39, 0.29) is 5.56 Å². The van der Waals surface area contributed by atoms with Crippen LogP contribution in [0.1, 0.15) is 37.6 Å². The Balaban J connectivity index is 2.78. The highest BCUT2D eigenvalue weighted by atomic mass is 16.4. The zero-order valence-corrected chi connectivity index (χ0v) is 10.7. The molecule has 1 unspecified atom stereocenters. The number of pyridine rings is 1. The molecule has 1 heterocycles. The van der Waals surface area contributed by atoms with Crippen LogP contribution in [0.3, 0.4) is 0 Å². The van der Waals surface area contributed by atoms with E-state index in [1.807, 2.05) is 0 Å². The Morgan fingerprint density at radius 2 is 2.18 bits per heavy atom. The van der Waals surface area contributed by atoms with Crippen LogP contribution < -0.4 is 4.90 Å². The zero-order valence-electron chi connectivity index (χ0n) is 10.7. The van der Waals surface area contributed by atoms with Gasteiger partial charge in [-0.05, 0) is 25.0 Å². The molecule has 94 valence electrons. The monoisotopic (exact) mass is 236 g/mol. The number of hydrogen-bond donors (Lipinski definition) is 1. The summed E-state index contributed by atoms with van der Waals surface area (Å²) in [6, 6.07) is 3.37. The van der Waals surface area contributed by atoms with E-state index in [1.54, 1.807) is 12.1 Å². The molecule has 1 aromatic heterocycles. The molecule has 0 aliphatic rings. The standard InChI is InChI=1S/C13H20N2O2/c1-4-10(3)9-15(5-2)12-7-6-11(8-14-12)13(16)17/h6-8,10H,4-5,9H2,1-3H3,(H,16,17). The number of aromatic carboxylic acids is 1. The number of hydrogen-bond acceptors (Lipinski definition) is 3. The van der Waals surface area contributed by atoms with E-state index in [0.717, 1.165) is 25.3 Å². The van der Waals surface area contributed by atoms with Gasteiger partial charge in [0.1, 0.15) is 5.82 Å². The van der Waals surface area contributed by atoms with E-state index < -0.39 is 5.97 Å². The van der Waals surface area contributed by atoms with Gasteiger partial charge in [0.25, 0.3) is 0 Å². The van der Waals surface area contributed by atoms with Crippen molar-refractivity contribution in [2.45, 2.75) is 27.2 Å². The van der Waals surface area contributed by atoms with Crippen molar-refractivity contribution < 1.29 is 9.90 Å². The van der Waals surface area contributed by atoms with Crippen LogP contribution in [-0.2, 0) is 0 Å². The second-order valence-corrected chi connectivity index (χ2v) is 4.26. The summed E-state index contributed by atoms with van der Waals surface area (Å²) < 4.78 is 0. The second-order valence-electron chi connectivity index (χ2n) is 4.26. The molecule has 4 nitrogen and oxygen atoms in total. The van der Waals surface area contributed by atoms with Crippen molar-refractivity contribution in [1.29, 1.82) is 0 Å². The molecule has 1 N–H and O–H groups in total. The van der Waals surface area contributed by atoms with Crippen LogP contribution >= 0.6 is 0 Å². The van der Waals surface area contributed by atoms with E-state index in [0.29, 0.717) is 5.92 Å². The summed E-state index contributed by atoms with van der Waals surface area (Å²) in [5.74, 6) is 0.516. The van der Waals surface area contributed by atoms with Gasteiger partial charge in [-0.15, -0.1) is 0 Å². The molecule has 17 heavy (non-hydrogen) atoms. The van der Waals surface area contributed by atoms with E-state index in [4.69, 9.17) is 5.11 Å². The molecule has 0 aliphatic carbocycles. The fourth-order valence-corrected chi connectivity index (χ4v) is 1.59. The molecular weight excluding hydrogens is 216 g/mol. The van der Waals surface area contributed by atoms with Crippen LogP contribution in [0.15, 0.2) is 18.3 Å². The van der Waals surface area contributed by atoms with E-state index in [2.05, 4.69) is 30.7 Å². The molecule has 1 rings (SSSR count). The third-order valence-electron chi connectivity index (χ3n) is 2.93. The minimum atomic E-state index is -0.936. The maximum atomic E-state index is 10.7. The Morgan fingerprint density at radius 1 is 1.47 bits per heavy atom. The van der Waals surface area contributed by atoms with Crippen LogP contribution in [0.25, 0.3) is 0 Å². The minimum absolute atomic E-state index is 0.230. The average Bonchev–Trinajstić information content (AvgIpc) is 2.35. The third-order valence-corrected chi connectivity index (χ3v) is 2.93. The number of nitrogens with zero attached hydrogens (tertiary/aromatic N) is 2. The molecule has 0 saturated carbocycles. The lowest BCUT2D eigenvalue weighted by atomic mass is 10.1. The highest BCUT2D eigenvalue weighted by Gasteiger charge is 2.10. The number of carboxylic acids is 1. The van der Waals surface area contributed by atoms with Crippen molar-refractivity contribution in [3.8, 4) is 0 Å². The first kappa shape index (κ1) is 13.5. The second kappa shape index (κ2) is 6.23. The van der Waals surface area contributed by atoms with Gasteiger partial charge in [-0.2, -0.15) is 0 Å². The van der Waals surface area contributed by atoms with Crippen molar-refractivity contribution >= 4 is 11.8 Å². The normalized spacial score (nSPS) is 12.2. The van der Waals surface area contributed by atoms with Crippen LogP contribution in [0.4, 0.5) is 5.82 Å². The maximum Gasteiger partial charge on any atom is 0.337 e. The molecule has 1 atom stereocenters. The Hall–Kier alpha value is -1.58. The van der Waals surface area contributed by atoms with Crippen LogP contribution in [0.5, 0.6) is 0 Å². The summed E-state index contributed by atoms with van der Waals surface area (Å²) in [6.45, 7) is 8.28. The van der Waals surface area contributed by atoms with Gasteiger partial charge in [0.2, 0.25) is 0 Å². The van der Waals surface area contributed by atoms with Gasteiger partial charge in [0, 0.05) is 19.3 Å². The molecule has 0 amide bonds. The SMILES string of the molecule is CCC(C)CN(CC)c1ccc(C(=O)O)cn1. The van der Waals surface area contributed by atoms with E-state index >= 15 is 0 Å². The smallest absolute Gasteiger partial charge is 0.337 e. The van der Waals surface area contributed by atoms with Crippen LogP contribution in [0, 0.1) is 5.92 Å². The maximum absolute atomic E-state index is 10.7. The predicted molar refractivity (Wildman–Crippen MR) is 68.5 cm³/mol. The quantitative estimate of drug-likeness (QED) is 0.825. The van der Waals surface area contributed by atoms with Gasteiger partial charge in [-0.1, -0.05) is 20.3 Å². The fourth-order valence-electron chi connectivity index (χ4n) is 1.59. The summed E-state index contributed by atoms with van der Waals surface area (Å²) in [6.07, 6.45) is 2.54. The number of rotatable bonds is 6. The average molecular weight is 236 g/mol. The lowest BCUT2D eigenvalue weighted by Crippen LogP contribution is -2.28.